The fraction of sp³-hybridized carbons (Fsp3) is 0.0476. The molecular weight excluding hydrogens is 326 g/mol. The summed E-state index contributed by atoms with van der Waals surface area (Å²) in [4.78, 5) is 8.81. The number of aromatic nitrogens is 2. The van der Waals surface area contributed by atoms with E-state index in [0.717, 1.165) is 28.5 Å². The normalized spacial score (nSPS) is 10.6. The molecule has 0 aliphatic rings. The second kappa shape index (κ2) is 7.28. The summed E-state index contributed by atoms with van der Waals surface area (Å²) in [6, 6.07) is 22.9. The van der Waals surface area contributed by atoms with Crippen molar-refractivity contribution in [2.75, 3.05) is 5.32 Å². The highest BCUT2D eigenvalue weighted by atomic mass is 32.1. The fourth-order valence-electron chi connectivity index (χ4n) is 2.69. The van der Waals surface area contributed by atoms with E-state index in [4.69, 9.17) is 0 Å². The topological polar surface area (TPSA) is 37.8 Å². The lowest BCUT2D eigenvalue weighted by Crippen LogP contribution is -1.93. The average Bonchev–Trinajstić information content (AvgIpc) is 3.12. The molecule has 2 aromatic carbocycles. The van der Waals surface area contributed by atoms with Gasteiger partial charge in [-0.25, -0.2) is 4.98 Å². The molecule has 25 heavy (non-hydrogen) atoms. The van der Waals surface area contributed by atoms with Crippen LogP contribution in [0.3, 0.4) is 0 Å². The molecule has 0 radical (unpaired) electrons. The zero-order valence-electron chi connectivity index (χ0n) is 13.6. The van der Waals surface area contributed by atoms with Crippen molar-refractivity contribution in [1.82, 2.24) is 9.97 Å². The number of rotatable bonds is 5. The van der Waals surface area contributed by atoms with E-state index in [1.807, 2.05) is 29.8 Å². The maximum atomic E-state index is 4.66. The number of hydrogen-bond donors (Lipinski definition) is 1. The van der Waals surface area contributed by atoms with Gasteiger partial charge in [0.25, 0.3) is 0 Å². The highest BCUT2D eigenvalue weighted by molar-refractivity contribution is 7.14. The van der Waals surface area contributed by atoms with Crippen molar-refractivity contribution in [1.29, 1.82) is 0 Å². The molecule has 4 aromatic rings. The Bertz CT molecular complexity index is 949. The van der Waals surface area contributed by atoms with Gasteiger partial charge >= 0.3 is 0 Å². The molecule has 2 heterocycles. The van der Waals surface area contributed by atoms with Crippen LogP contribution >= 0.6 is 11.3 Å². The van der Waals surface area contributed by atoms with E-state index < -0.39 is 0 Å². The molecule has 0 atom stereocenters. The van der Waals surface area contributed by atoms with Crippen LogP contribution in [0.5, 0.6) is 0 Å². The molecule has 0 saturated heterocycles. The minimum absolute atomic E-state index is 0.885. The predicted molar refractivity (Wildman–Crippen MR) is 104 cm³/mol. The molecule has 4 rings (SSSR count). The minimum Gasteiger partial charge on any atom is -0.332 e. The number of pyridine rings is 1. The van der Waals surface area contributed by atoms with E-state index in [-0.39, 0.29) is 0 Å². The summed E-state index contributed by atoms with van der Waals surface area (Å²) < 4.78 is 0. The highest BCUT2D eigenvalue weighted by Gasteiger charge is 2.05. The Balaban J connectivity index is 1.50. The smallest absolute Gasteiger partial charge is 0.187 e. The van der Waals surface area contributed by atoms with E-state index in [1.165, 1.54) is 11.1 Å². The number of hydrogen-bond acceptors (Lipinski definition) is 4. The molecule has 122 valence electrons. The third-order valence-corrected chi connectivity index (χ3v) is 4.65. The molecule has 2 aromatic heterocycles. The molecule has 0 saturated carbocycles. The Hall–Kier alpha value is -2.98. The van der Waals surface area contributed by atoms with Crippen LogP contribution in [0, 0.1) is 0 Å². The Morgan fingerprint density at radius 1 is 0.880 bits per heavy atom. The van der Waals surface area contributed by atoms with Crippen LogP contribution in [0.25, 0.3) is 11.3 Å². The van der Waals surface area contributed by atoms with Crippen molar-refractivity contribution in [2.45, 2.75) is 6.42 Å². The second-order valence-corrected chi connectivity index (χ2v) is 6.63. The van der Waals surface area contributed by atoms with Crippen molar-refractivity contribution >= 4 is 22.2 Å². The maximum Gasteiger partial charge on any atom is 0.187 e. The van der Waals surface area contributed by atoms with Gasteiger partial charge in [-0.15, -0.1) is 11.3 Å². The lowest BCUT2D eigenvalue weighted by atomic mass is 10.0. The highest BCUT2D eigenvalue weighted by Crippen LogP contribution is 2.27. The van der Waals surface area contributed by atoms with Gasteiger partial charge < -0.3 is 5.32 Å². The second-order valence-electron chi connectivity index (χ2n) is 5.77. The standard InChI is InChI=1S/C21H17N3S/c1-2-6-16(7-3-1)12-17-8-4-10-19(13-17)23-21-24-20(15-25-21)18-9-5-11-22-14-18/h1-11,13-15H,12H2,(H,23,24). The Morgan fingerprint density at radius 2 is 1.76 bits per heavy atom. The van der Waals surface area contributed by atoms with Crippen LogP contribution in [0.1, 0.15) is 11.1 Å². The molecule has 3 nitrogen and oxygen atoms in total. The number of benzene rings is 2. The molecule has 0 amide bonds. The molecule has 0 fully saturated rings. The van der Waals surface area contributed by atoms with Crippen molar-refractivity contribution in [3.63, 3.8) is 0 Å². The van der Waals surface area contributed by atoms with Crippen molar-refractivity contribution in [2.24, 2.45) is 0 Å². The van der Waals surface area contributed by atoms with Gasteiger partial charge in [-0.2, -0.15) is 0 Å². The summed E-state index contributed by atoms with van der Waals surface area (Å²) in [6.45, 7) is 0. The van der Waals surface area contributed by atoms with Gasteiger partial charge in [0.1, 0.15) is 0 Å². The Labute approximate surface area is 151 Å². The number of anilines is 2. The molecule has 0 aliphatic carbocycles. The molecule has 0 spiro atoms. The van der Waals surface area contributed by atoms with Gasteiger partial charge in [0.05, 0.1) is 5.69 Å². The summed E-state index contributed by atoms with van der Waals surface area (Å²) >= 11 is 1.60. The van der Waals surface area contributed by atoms with E-state index in [2.05, 4.69) is 63.8 Å². The first-order valence-electron chi connectivity index (χ1n) is 8.13. The average molecular weight is 343 g/mol. The lowest BCUT2D eigenvalue weighted by Gasteiger charge is -2.06. The molecule has 1 N–H and O–H groups in total. The first kappa shape index (κ1) is 15.5. The lowest BCUT2D eigenvalue weighted by molar-refractivity contribution is 1.19. The maximum absolute atomic E-state index is 4.66. The van der Waals surface area contributed by atoms with Crippen molar-refractivity contribution in [3.8, 4) is 11.3 Å². The van der Waals surface area contributed by atoms with E-state index in [0.29, 0.717) is 0 Å². The number of thiazole rings is 1. The van der Waals surface area contributed by atoms with Gasteiger partial charge in [-0.05, 0) is 41.8 Å². The molecule has 0 unspecified atom stereocenters. The van der Waals surface area contributed by atoms with E-state index in [9.17, 15) is 0 Å². The largest absolute Gasteiger partial charge is 0.332 e. The third kappa shape index (κ3) is 3.92. The first-order chi connectivity index (χ1) is 12.4. The summed E-state index contributed by atoms with van der Waals surface area (Å²) in [5.41, 5.74) is 5.62. The van der Waals surface area contributed by atoms with Gasteiger partial charge in [0, 0.05) is 29.0 Å². The van der Waals surface area contributed by atoms with Crippen LogP contribution in [-0.4, -0.2) is 9.97 Å². The summed E-state index contributed by atoms with van der Waals surface area (Å²) in [5, 5.41) is 6.34. The number of nitrogens with zero attached hydrogens (tertiary/aromatic N) is 2. The van der Waals surface area contributed by atoms with Gasteiger partial charge in [-0.1, -0.05) is 42.5 Å². The van der Waals surface area contributed by atoms with Crippen molar-refractivity contribution < 1.29 is 0 Å². The Kier molecular flexibility index (Phi) is 4.53. The van der Waals surface area contributed by atoms with Crippen molar-refractivity contribution in [3.05, 3.63) is 95.6 Å². The summed E-state index contributed by atoms with van der Waals surface area (Å²) in [6.07, 6.45) is 4.53. The van der Waals surface area contributed by atoms with Gasteiger partial charge in [0.15, 0.2) is 5.13 Å². The number of nitrogens with one attached hydrogen (secondary N) is 1. The summed E-state index contributed by atoms with van der Waals surface area (Å²) in [5.74, 6) is 0. The van der Waals surface area contributed by atoms with Gasteiger partial charge in [0.2, 0.25) is 0 Å². The van der Waals surface area contributed by atoms with E-state index in [1.54, 1.807) is 17.5 Å². The zero-order chi connectivity index (χ0) is 16.9. The zero-order valence-corrected chi connectivity index (χ0v) is 14.4. The molecule has 0 bridgehead atoms. The van der Waals surface area contributed by atoms with Crippen LogP contribution in [0.4, 0.5) is 10.8 Å². The first-order valence-corrected chi connectivity index (χ1v) is 9.00. The quantitative estimate of drug-likeness (QED) is 0.517. The van der Waals surface area contributed by atoms with E-state index >= 15 is 0 Å². The Morgan fingerprint density at radius 3 is 2.60 bits per heavy atom. The minimum atomic E-state index is 0.885. The van der Waals surface area contributed by atoms with Gasteiger partial charge in [-0.3, -0.25) is 4.98 Å². The molecular formula is C21H17N3S. The third-order valence-electron chi connectivity index (χ3n) is 3.89. The molecule has 0 aliphatic heterocycles. The molecule has 4 heteroatoms. The fourth-order valence-corrected chi connectivity index (χ4v) is 3.43. The van der Waals surface area contributed by atoms with Crippen LogP contribution < -0.4 is 5.32 Å². The monoisotopic (exact) mass is 343 g/mol. The SMILES string of the molecule is c1ccc(Cc2cccc(Nc3nc(-c4cccnc4)cs3)c2)cc1. The van der Waals surface area contributed by atoms with Crippen LogP contribution in [0.2, 0.25) is 0 Å². The predicted octanol–water partition coefficient (Wildman–Crippen LogP) is 5.54. The van der Waals surface area contributed by atoms with Crippen LogP contribution in [-0.2, 0) is 6.42 Å². The van der Waals surface area contributed by atoms with Crippen LogP contribution in [0.15, 0.2) is 84.5 Å². The summed E-state index contributed by atoms with van der Waals surface area (Å²) in [7, 11) is 0.